The third-order valence-electron chi connectivity index (χ3n) is 4.28. The van der Waals surface area contributed by atoms with Crippen LogP contribution in [0, 0.1) is 5.82 Å². The van der Waals surface area contributed by atoms with Gasteiger partial charge in [0.25, 0.3) is 0 Å². The van der Waals surface area contributed by atoms with E-state index in [1.54, 1.807) is 17.4 Å². The van der Waals surface area contributed by atoms with Crippen molar-refractivity contribution in [3.63, 3.8) is 0 Å². The van der Waals surface area contributed by atoms with Gasteiger partial charge in [0.15, 0.2) is 0 Å². The van der Waals surface area contributed by atoms with Crippen LogP contribution in [0.1, 0.15) is 18.4 Å². The zero-order valence-electron chi connectivity index (χ0n) is 13.2. The second-order valence-electron chi connectivity index (χ2n) is 5.87. The normalized spacial score (nSPS) is 11.6. The Balaban J connectivity index is 1.89. The molecule has 2 aromatic heterocycles. The van der Waals surface area contributed by atoms with Crippen molar-refractivity contribution < 1.29 is 4.39 Å². The summed E-state index contributed by atoms with van der Waals surface area (Å²) in [5.41, 5.74) is 9.24. The highest BCUT2D eigenvalue weighted by Crippen LogP contribution is 2.36. The molecule has 3 nitrogen and oxygen atoms in total. The molecule has 4 rings (SSSR count). The topological polar surface area (TPSA) is 54.7 Å². The molecule has 0 unspecified atom stereocenters. The van der Waals surface area contributed by atoms with Gasteiger partial charge in [-0.05, 0) is 49.6 Å². The van der Waals surface area contributed by atoms with Crippen molar-refractivity contribution in [2.45, 2.75) is 19.3 Å². The summed E-state index contributed by atoms with van der Waals surface area (Å²) in [7, 11) is 0. The van der Waals surface area contributed by atoms with Crippen LogP contribution >= 0.6 is 11.3 Å². The predicted molar refractivity (Wildman–Crippen MR) is 98.9 cm³/mol. The second-order valence-corrected chi connectivity index (χ2v) is 6.90. The van der Waals surface area contributed by atoms with E-state index >= 15 is 0 Å². The SMILES string of the molecule is NCCCCc1c(-c2nc3ccccc3s2)[nH]c2c(F)cccc12. The van der Waals surface area contributed by atoms with E-state index in [2.05, 4.69) is 11.1 Å². The number of aromatic nitrogens is 2. The molecule has 0 saturated heterocycles. The van der Waals surface area contributed by atoms with Crippen molar-refractivity contribution >= 4 is 32.5 Å². The Morgan fingerprint density at radius 2 is 1.96 bits per heavy atom. The maximum Gasteiger partial charge on any atom is 0.147 e. The summed E-state index contributed by atoms with van der Waals surface area (Å²) >= 11 is 1.64. The summed E-state index contributed by atoms with van der Waals surface area (Å²) in [5.74, 6) is -0.222. The number of H-pyrrole nitrogens is 1. The Bertz CT molecular complexity index is 969. The summed E-state index contributed by atoms with van der Waals surface area (Å²) in [6.45, 7) is 0.674. The summed E-state index contributed by atoms with van der Waals surface area (Å²) in [6.07, 6.45) is 2.81. The number of rotatable bonds is 5. The van der Waals surface area contributed by atoms with Crippen LogP contribution in [-0.2, 0) is 6.42 Å². The maximum absolute atomic E-state index is 14.2. The largest absolute Gasteiger partial charge is 0.350 e. The molecule has 24 heavy (non-hydrogen) atoms. The minimum atomic E-state index is -0.222. The lowest BCUT2D eigenvalue weighted by molar-refractivity contribution is 0.637. The molecule has 0 saturated carbocycles. The predicted octanol–water partition coefficient (Wildman–Crippen LogP) is 4.87. The van der Waals surface area contributed by atoms with Crippen molar-refractivity contribution in [2.75, 3.05) is 6.54 Å². The highest BCUT2D eigenvalue weighted by Gasteiger charge is 2.18. The number of benzene rings is 2. The molecule has 5 heteroatoms. The Kier molecular flexibility index (Phi) is 4.04. The molecule has 0 aliphatic carbocycles. The van der Waals surface area contributed by atoms with Gasteiger partial charge < -0.3 is 10.7 Å². The number of aromatic amines is 1. The van der Waals surface area contributed by atoms with E-state index in [0.717, 1.165) is 51.1 Å². The molecule has 0 fully saturated rings. The molecule has 0 spiro atoms. The van der Waals surface area contributed by atoms with Gasteiger partial charge in [-0.15, -0.1) is 11.3 Å². The molecule has 2 heterocycles. The van der Waals surface area contributed by atoms with E-state index in [9.17, 15) is 4.39 Å². The quantitative estimate of drug-likeness (QED) is 0.510. The molecule has 4 aromatic rings. The number of thiazole rings is 1. The van der Waals surface area contributed by atoms with Crippen LogP contribution in [0.5, 0.6) is 0 Å². The van der Waals surface area contributed by atoms with Crippen LogP contribution < -0.4 is 5.73 Å². The third-order valence-corrected chi connectivity index (χ3v) is 5.33. The number of halogens is 1. The van der Waals surface area contributed by atoms with Crippen LogP contribution in [-0.4, -0.2) is 16.5 Å². The number of para-hydroxylation sites is 2. The molecular formula is C19H18FN3S. The summed E-state index contributed by atoms with van der Waals surface area (Å²) in [4.78, 5) is 8.02. The number of aryl methyl sites for hydroxylation is 1. The molecule has 0 atom stereocenters. The first-order valence-corrected chi connectivity index (χ1v) is 8.94. The van der Waals surface area contributed by atoms with E-state index in [1.165, 1.54) is 6.07 Å². The minimum Gasteiger partial charge on any atom is -0.350 e. The van der Waals surface area contributed by atoms with E-state index in [4.69, 9.17) is 10.7 Å². The number of fused-ring (bicyclic) bond motifs is 2. The molecule has 0 radical (unpaired) electrons. The fourth-order valence-electron chi connectivity index (χ4n) is 3.11. The van der Waals surface area contributed by atoms with Crippen LogP contribution in [0.2, 0.25) is 0 Å². The lowest BCUT2D eigenvalue weighted by atomic mass is 10.0. The Morgan fingerprint density at radius 3 is 2.79 bits per heavy atom. The first-order chi connectivity index (χ1) is 11.8. The molecular weight excluding hydrogens is 321 g/mol. The molecule has 0 amide bonds. The average Bonchev–Trinajstić information content (AvgIpc) is 3.17. The van der Waals surface area contributed by atoms with Crippen molar-refractivity contribution in [1.82, 2.24) is 9.97 Å². The lowest BCUT2D eigenvalue weighted by Gasteiger charge is -2.02. The van der Waals surface area contributed by atoms with Gasteiger partial charge in [0.05, 0.1) is 21.4 Å². The van der Waals surface area contributed by atoms with Gasteiger partial charge in [0.2, 0.25) is 0 Å². The van der Waals surface area contributed by atoms with Gasteiger partial charge in [-0.2, -0.15) is 0 Å². The number of hydrogen-bond acceptors (Lipinski definition) is 3. The Hall–Kier alpha value is -2.24. The highest BCUT2D eigenvalue weighted by molar-refractivity contribution is 7.21. The fraction of sp³-hybridized carbons (Fsp3) is 0.211. The van der Waals surface area contributed by atoms with Gasteiger partial charge in [-0.1, -0.05) is 24.3 Å². The molecule has 0 aliphatic heterocycles. The Morgan fingerprint density at radius 1 is 1.08 bits per heavy atom. The molecule has 0 bridgehead atoms. The minimum absolute atomic E-state index is 0.222. The van der Waals surface area contributed by atoms with Gasteiger partial charge in [-0.3, -0.25) is 0 Å². The van der Waals surface area contributed by atoms with Crippen molar-refractivity contribution in [3.8, 4) is 10.7 Å². The monoisotopic (exact) mass is 339 g/mol. The lowest BCUT2D eigenvalue weighted by Crippen LogP contribution is -1.99. The zero-order valence-corrected chi connectivity index (χ0v) is 14.0. The summed E-state index contributed by atoms with van der Waals surface area (Å²) in [5, 5.41) is 1.86. The fourth-order valence-corrected chi connectivity index (χ4v) is 4.10. The zero-order chi connectivity index (χ0) is 16.5. The summed E-state index contributed by atoms with van der Waals surface area (Å²) in [6, 6.07) is 13.3. The molecule has 3 N–H and O–H groups in total. The third kappa shape index (κ3) is 2.60. The number of nitrogens with two attached hydrogens (primary N) is 1. The van der Waals surface area contributed by atoms with Gasteiger partial charge in [-0.25, -0.2) is 9.37 Å². The molecule has 2 aromatic carbocycles. The first-order valence-electron chi connectivity index (χ1n) is 8.13. The average molecular weight is 339 g/mol. The van der Waals surface area contributed by atoms with Crippen molar-refractivity contribution in [3.05, 3.63) is 53.8 Å². The maximum atomic E-state index is 14.2. The number of unbranched alkanes of at least 4 members (excludes halogenated alkanes) is 1. The first kappa shape index (κ1) is 15.3. The van der Waals surface area contributed by atoms with Crippen LogP contribution in [0.15, 0.2) is 42.5 Å². The smallest absolute Gasteiger partial charge is 0.147 e. The number of nitrogens with zero attached hydrogens (tertiary/aromatic N) is 1. The van der Waals surface area contributed by atoms with E-state index < -0.39 is 0 Å². The van der Waals surface area contributed by atoms with Crippen molar-refractivity contribution in [1.29, 1.82) is 0 Å². The number of hydrogen-bond donors (Lipinski definition) is 2. The standard InChI is InChI=1S/C19H18FN3S/c20-14-8-5-7-12-13(6-3-4-11-21)18(23-17(12)14)19-22-15-9-1-2-10-16(15)24-19/h1-2,5,7-10,23H,3-4,6,11,21H2. The summed E-state index contributed by atoms with van der Waals surface area (Å²) < 4.78 is 15.4. The van der Waals surface area contributed by atoms with Crippen LogP contribution in [0.3, 0.4) is 0 Å². The molecule has 0 aliphatic rings. The van der Waals surface area contributed by atoms with Crippen LogP contribution in [0.25, 0.3) is 31.8 Å². The van der Waals surface area contributed by atoms with Crippen molar-refractivity contribution in [2.24, 2.45) is 5.73 Å². The van der Waals surface area contributed by atoms with Gasteiger partial charge in [0.1, 0.15) is 10.8 Å². The second kappa shape index (κ2) is 6.34. The highest BCUT2D eigenvalue weighted by atomic mass is 32.1. The Labute approximate surface area is 143 Å². The molecule has 122 valence electrons. The van der Waals surface area contributed by atoms with E-state index in [1.807, 2.05) is 24.3 Å². The van der Waals surface area contributed by atoms with Crippen LogP contribution in [0.4, 0.5) is 4.39 Å². The van der Waals surface area contributed by atoms with Gasteiger partial charge in [0, 0.05) is 5.39 Å². The number of nitrogens with one attached hydrogen (secondary N) is 1. The van der Waals surface area contributed by atoms with E-state index in [-0.39, 0.29) is 5.82 Å². The van der Waals surface area contributed by atoms with E-state index in [0.29, 0.717) is 12.1 Å². The van der Waals surface area contributed by atoms with Gasteiger partial charge >= 0.3 is 0 Å².